The van der Waals surface area contributed by atoms with Crippen LogP contribution in [-0.4, -0.2) is 17.5 Å². The Hall–Kier alpha value is -2.10. The van der Waals surface area contributed by atoms with Crippen molar-refractivity contribution in [3.05, 3.63) is 30.3 Å². The van der Waals surface area contributed by atoms with E-state index >= 15 is 0 Å². The normalized spacial score (nSPS) is 10.2. The third-order valence-electron chi connectivity index (χ3n) is 2.29. The molecule has 2 aromatic rings. The first-order valence-corrected chi connectivity index (χ1v) is 5.51. The summed E-state index contributed by atoms with van der Waals surface area (Å²) in [5.74, 6) is 0.921. The summed E-state index contributed by atoms with van der Waals surface area (Å²) in [5, 5.41) is 4.61. The Morgan fingerprint density at radius 3 is 2.88 bits per heavy atom. The minimum Gasteiger partial charge on any atom is -0.477 e. The van der Waals surface area contributed by atoms with E-state index in [1.165, 1.54) is 6.92 Å². The number of nitrogens with zero attached hydrogens (tertiary/aromatic N) is 1. The van der Waals surface area contributed by atoms with Crippen LogP contribution in [0.3, 0.4) is 0 Å². The summed E-state index contributed by atoms with van der Waals surface area (Å²) in [6.07, 6.45) is 0. The SMILES string of the molecule is CCOc1nc(NC(C)=O)cc2ccccc12. The lowest BCUT2D eigenvalue weighted by Gasteiger charge is -2.09. The molecule has 0 aliphatic rings. The molecule has 1 heterocycles. The zero-order valence-electron chi connectivity index (χ0n) is 9.86. The third kappa shape index (κ3) is 2.53. The minimum atomic E-state index is -0.143. The second-order valence-electron chi connectivity index (χ2n) is 3.65. The second kappa shape index (κ2) is 4.82. The maximum absolute atomic E-state index is 11.0. The van der Waals surface area contributed by atoms with Gasteiger partial charge in [-0.25, -0.2) is 0 Å². The van der Waals surface area contributed by atoms with E-state index in [9.17, 15) is 4.79 Å². The van der Waals surface area contributed by atoms with Crippen LogP contribution in [0.1, 0.15) is 13.8 Å². The third-order valence-corrected chi connectivity index (χ3v) is 2.29. The Kier molecular flexibility index (Phi) is 3.23. The number of carbonyl (C=O) groups excluding carboxylic acids is 1. The van der Waals surface area contributed by atoms with Gasteiger partial charge in [-0.2, -0.15) is 4.98 Å². The lowest BCUT2D eigenvalue weighted by Crippen LogP contribution is -2.08. The Morgan fingerprint density at radius 2 is 2.18 bits per heavy atom. The van der Waals surface area contributed by atoms with Crippen LogP contribution in [-0.2, 0) is 4.79 Å². The van der Waals surface area contributed by atoms with Crippen molar-refractivity contribution >= 4 is 22.5 Å². The van der Waals surface area contributed by atoms with Gasteiger partial charge < -0.3 is 10.1 Å². The zero-order chi connectivity index (χ0) is 12.3. The molecule has 0 bridgehead atoms. The fourth-order valence-corrected chi connectivity index (χ4v) is 1.66. The molecule has 0 aliphatic carbocycles. The molecule has 0 unspecified atom stereocenters. The van der Waals surface area contributed by atoms with Crippen LogP contribution in [0.4, 0.5) is 5.82 Å². The number of benzene rings is 1. The molecule has 0 saturated carbocycles. The van der Waals surface area contributed by atoms with Gasteiger partial charge >= 0.3 is 0 Å². The molecular formula is C13H14N2O2. The number of aromatic nitrogens is 1. The van der Waals surface area contributed by atoms with Crippen LogP contribution < -0.4 is 10.1 Å². The number of carbonyl (C=O) groups is 1. The number of rotatable bonds is 3. The smallest absolute Gasteiger partial charge is 0.223 e. The predicted molar refractivity (Wildman–Crippen MR) is 67.2 cm³/mol. The number of hydrogen-bond donors (Lipinski definition) is 1. The Balaban J connectivity index is 2.54. The van der Waals surface area contributed by atoms with E-state index < -0.39 is 0 Å². The van der Waals surface area contributed by atoms with Crippen molar-refractivity contribution in [3.63, 3.8) is 0 Å². The van der Waals surface area contributed by atoms with Gasteiger partial charge in [0, 0.05) is 12.3 Å². The molecule has 0 spiro atoms. The fraction of sp³-hybridized carbons (Fsp3) is 0.231. The fourth-order valence-electron chi connectivity index (χ4n) is 1.66. The molecule has 1 N–H and O–H groups in total. The van der Waals surface area contributed by atoms with Crippen LogP contribution in [0, 0.1) is 0 Å². The highest BCUT2D eigenvalue weighted by atomic mass is 16.5. The van der Waals surface area contributed by atoms with Crippen LogP contribution in [0.15, 0.2) is 30.3 Å². The lowest BCUT2D eigenvalue weighted by molar-refractivity contribution is -0.114. The van der Waals surface area contributed by atoms with Gasteiger partial charge in [-0.1, -0.05) is 18.2 Å². The summed E-state index contributed by atoms with van der Waals surface area (Å²) in [6, 6.07) is 9.62. The number of fused-ring (bicyclic) bond motifs is 1. The van der Waals surface area contributed by atoms with Crippen molar-refractivity contribution < 1.29 is 9.53 Å². The first-order chi connectivity index (χ1) is 8.20. The topological polar surface area (TPSA) is 51.2 Å². The van der Waals surface area contributed by atoms with Crippen molar-refractivity contribution in [1.82, 2.24) is 4.98 Å². The van der Waals surface area contributed by atoms with Crippen molar-refractivity contribution in [1.29, 1.82) is 0 Å². The standard InChI is InChI=1S/C13H14N2O2/c1-3-17-13-11-7-5-4-6-10(11)8-12(15-13)14-9(2)16/h4-8H,3H2,1-2H3,(H,14,15,16). The molecule has 88 valence electrons. The molecule has 1 amide bonds. The number of hydrogen-bond acceptors (Lipinski definition) is 3. The average Bonchev–Trinajstić information content (AvgIpc) is 2.28. The number of ether oxygens (including phenoxy) is 1. The summed E-state index contributed by atoms with van der Waals surface area (Å²) >= 11 is 0. The van der Waals surface area contributed by atoms with Crippen LogP contribution in [0.5, 0.6) is 5.88 Å². The lowest BCUT2D eigenvalue weighted by atomic mass is 10.1. The van der Waals surface area contributed by atoms with Gasteiger partial charge in [0.2, 0.25) is 11.8 Å². The van der Waals surface area contributed by atoms with Gasteiger partial charge in [0.05, 0.1) is 6.61 Å². The van der Waals surface area contributed by atoms with E-state index in [2.05, 4.69) is 10.3 Å². The Labute approximate surface area is 99.6 Å². The molecule has 2 rings (SSSR count). The largest absolute Gasteiger partial charge is 0.477 e. The summed E-state index contributed by atoms with van der Waals surface area (Å²) < 4.78 is 5.48. The Bertz CT molecular complexity index is 552. The zero-order valence-corrected chi connectivity index (χ0v) is 9.86. The molecule has 0 fully saturated rings. The maximum Gasteiger partial charge on any atom is 0.223 e. The highest BCUT2D eigenvalue weighted by Crippen LogP contribution is 2.26. The van der Waals surface area contributed by atoms with Crippen molar-refractivity contribution in [2.45, 2.75) is 13.8 Å². The van der Waals surface area contributed by atoms with E-state index in [0.717, 1.165) is 10.8 Å². The number of nitrogens with one attached hydrogen (secondary N) is 1. The average molecular weight is 230 g/mol. The van der Waals surface area contributed by atoms with Crippen molar-refractivity contribution in [3.8, 4) is 5.88 Å². The van der Waals surface area contributed by atoms with Crippen LogP contribution in [0.2, 0.25) is 0 Å². The van der Waals surface area contributed by atoms with E-state index in [1.807, 2.05) is 37.3 Å². The molecule has 0 radical (unpaired) electrons. The maximum atomic E-state index is 11.0. The van der Waals surface area contributed by atoms with Crippen molar-refractivity contribution in [2.75, 3.05) is 11.9 Å². The van der Waals surface area contributed by atoms with Gasteiger partial charge in [-0.05, 0) is 24.4 Å². The summed E-state index contributed by atoms with van der Waals surface area (Å²) in [6.45, 7) is 3.90. The molecule has 1 aromatic heterocycles. The van der Waals surface area contributed by atoms with Crippen LogP contribution >= 0.6 is 0 Å². The van der Waals surface area contributed by atoms with Crippen molar-refractivity contribution in [2.24, 2.45) is 0 Å². The number of anilines is 1. The van der Waals surface area contributed by atoms with Gasteiger partial charge in [0.25, 0.3) is 0 Å². The highest BCUT2D eigenvalue weighted by molar-refractivity contribution is 5.93. The summed E-state index contributed by atoms with van der Waals surface area (Å²) in [7, 11) is 0. The monoisotopic (exact) mass is 230 g/mol. The molecule has 4 heteroatoms. The quantitative estimate of drug-likeness (QED) is 0.881. The van der Waals surface area contributed by atoms with E-state index in [4.69, 9.17) is 4.74 Å². The van der Waals surface area contributed by atoms with Gasteiger partial charge in [0.1, 0.15) is 5.82 Å². The number of pyridine rings is 1. The summed E-state index contributed by atoms with van der Waals surface area (Å²) in [4.78, 5) is 15.3. The highest BCUT2D eigenvalue weighted by Gasteiger charge is 2.07. The molecule has 17 heavy (non-hydrogen) atoms. The predicted octanol–water partition coefficient (Wildman–Crippen LogP) is 2.59. The first-order valence-electron chi connectivity index (χ1n) is 5.51. The minimum absolute atomic E-state index is 0.143. The Morgan fingerprint density at radius 1 is 1.41 bits per heavy atom. The van der Waals surface area contributed by atoms with E-state index in [0.29, 0.717) is 18.3 Å². The van der Waals surface area contributed by atoms with E-state index in [1.54, 1.807) is 0 Å². The molecular weight excluding hydrogens is 216 g/mol. The molecule has 0 aliphatic heterocycles. The van der Waals surface area contributed by atoms with Gasteiger partial charge in [-0.15, -0.1) is 0 Å². The number of amides is 1. The first kappa shape index (κ1) is 11.4. The van der Waals surface area contributed by atoms with Crippen LogP contribution in [0.25, 0.3) is 10.8 Å². The van der Waals surface area contributed by atoms with E-state index in [-0.39, 0.29) is 5.91 Å². The molecule has 0 atom stereocenters. The molecule has 1 aromatic carbocycles. The van der Waals surface area contributed by atoms with Gasteiger partial charge in [0.15, 0.2) is 0 Å². The molecule has 0 saturated heterocycles. The molecule has 4 nitrogen and oxygen atoms in total. The summed E-state index contributed by atoms with van der Waals surface area (Å²) in [5.41, 5.74) is 0. The van der Waals surface area contributed by atoms with Gasteiger partial charge in [-0.3, -0.25) is 4.79 Å². The second-order valence-corrected chi connectivity index (χ2v) is 3.65.